The summed E-state index contributed by atoms with van der Waals surface area (Å²) in [5, 5.41) is 3.50. The molecule has 1 aromatic rings. The SMILES string of the molecule is CCC(C)NCc1cc2c(n(C3CCCCC3)c1=O)CCC2. The fourth-order valence-electron chi connectivity index (χ4n) is 4.01. The van der Waals surface area contributed by atoms with Gasteiger partial charge in [-0.2, -0.15) is 0 Å². The molecule has 2 aliphatic carbocycles. The van der Waals surface area contributed by atoms with E-state index in [2.05, 4.69) is 29.8 Å². The summed E-state index contributed by atoms with van der Waals surface area (Å²) in [6.45, 7) is 5.08. The zero-order valence-corrected chi connectivity index (χ0v) is 14.2. The predicted octanol–water partition coefficient (Wildman–Crippen LogP) is 3.73. The quantitative estimate of drug-likeness (QED) is 0.899. The van der Waals surface area contributed by atoms with Crippen LogP contribution in [0.2, 0.25) is 0 Å². The van der Waals surface area contributed by atoms with E-state index in [1.54, 1.807) is 0 Å². The highest BCUT2D eigenvalue weighted by molar-refractivity contribution is 5.31. The average Bonchev–Trinajstić information content (AvgIpc) is 3.01. The van der Waals surface area contributed by atoms with Gasteiger partial charge in [0, 0.05) is 29.9 Å². The third kappa shape index (κ3) is 3.15. The summed E-state index contributed by atoms with van der Waals surface area (Å²) in [6, 6.07) is 3.12. The van der Waals surface area contributed by atoms with Crippen LogP contribution in [0.15, 0.2) is 10.9 Å². The number of hydrogen-bond acceptors (Lipinski definition) is 2. The van der Waals surface area contributed by atoms with Gasteiger partial charge in [-0.25, -0.2) is 0 Å². The molecule has 0 amide bonds. The molecule has 1 fully saturated rings. The number of nitrogens with zero attached hydrogens (tertiary/aromatic N) is 1. The average molecular weight is 302 g/mol. The number of fused-ring (bicyclic) bond motifs is 1. The standard InChI is InChI=1S/C19H30N2O/c1-3-14(2)20-13-16-12-15-8-7-11-18(15)21(19(16)22)17-9-5-4-6-10-17/h12,14,17,20H,3-11,13H2,1-2H3. The first-order valence-electron chi connectivity index (χ1n) is 9.20. The van der Waals surface area contributed by atoms with Gasteiger partial charge in [0.05, 0.1) is 0 Å². The van der Waals surface area contributed by atoms with Gasteiger partial charge in [-0.05, 0) is 57.1 Å². The Morgan fingerprint density at radius 2 is 2.00 bits per heavy atom. The van der Waals surface area contributed by atoms with Crippen molar-refractivity contribution < 1.29 is 0 Å². The van der Waals surface area contributed by atoms with Crippen LogP contribution in [0.25, 0.3) is 0 Å². The first kappa shape index (κ1) is 15.8. The lowest BCUT2D eigenvalue weighted by Gasteiger charge is -2.27. The molecule has 0 bridgehead atoms. The molecule has 1 aromatic heterocycles. The topological polar surface area (TPSA) is 34.0 Å². The monoisotopic (exact) mass is 302 g/mol. The highest BCUT2D eigenvalue weighted by Crippen LogP contribution is 2.31. The van der Waals surface area contributed by atoms with Gasteiger partial charge in [0.2, 0.25) is 0 Å². The van der Waals surface area contributed by atoms with Crippen molar-refractivity contribution in [2.24, 2.45) is 0 Å². The zero-order valence-electron chi connectivity index (χ0n) is 14.2. The molecule has 1 heterocycles. The Kier molecular flexibility index (Phi) is 5.02. The maximum absolute atomic E-state index is 13.1. The van der Waals surface area contributed by atoms with Gasteiger partial charge in [-0.3, -0.25) is 4.79 Å². The lowest BCUT2D eigenvalue weighted by molar-refractivity contribution is 0.338. The summed E-state index contributed by atoms with van der Waals surface area (Å²) in [7, 11) is 0. The molecule has 0 saturated heterocycles. The van der Waals surface area contributed by atoms with E-state index in [1.807, 2.05) is 0 Å². The van der Waals surface area contributed by atoms with Crippen molar-refractivity contribution in [3.05, 3.63) is 33.2 Å². The molecule has 3 heteroatoms. The third-order valence-electron chi connectivity index (χ3n) is 5.56. The summed E-state index contributed by atoms with van der Waals surface area (Å²) in [6.07, 6.45) is 10.8. The second-order valence-corrected chi connectivity index (χ2v) is 7.15. The lowest BCUT2D eigenvalue weighted by Crippen LogP contribution is -2.35. The summed E-state index contributed by atoms with van der Waals surface area (Å²) in [5.41, 5.74) is 4.05. The maximum Gasteiger partial charge on any atom is 0.255 e. The number of pyridine rings is 1. The van der Waals surface area contributed by atoms with Crippen LogP contribution in [-0.2, 0) is 19.4 Å². The summed E-state index contributed by atoms with van der Waals surface area (Å²) < 4.78 is 2.20. The summed E-state index contributed by atoms with van der Waals surface area (Å²) in [4.78, 5) is 13.1. The smallest absolute Gasteiger partial charge is 0.255 e. The molecule has 22 heavy (non-hydrogen) atoms. The molecule has 3 rings (SSSR count). The van der Waals surface area contributed by atoms with E-state index in [4.69, 9.17) is 0 Å². The zero-order chi connectivity index (χ0) is 15.5. The molecule has 0 aromatic carbocycles. The second kappa shape index (κ2) is 6.99. The van der Waals surface area contributed by atoms with Crippen molar-refractivity contribution in [3.63, 3.8) is 0 Å². The van der Waals surface area contributed by atoms with Crippen LogP contribution in [0.4, 0.5) is 0 Å². The Morgan fingerprint density at radius 3 is 2.73 bits per heavy atom. The molecule has 3 nitrogen and oxygen atoms in total. The molecule has 1 atom stereocenters. The third-order valence-corrected chi connectivity index (χ3v) is 5.56. The van der Waals surface area contributed by atoms with Crippen molar-refractivity contribution in [2.45, 2.75) is 90.3 Å². The van der Waals surface area contributed by atoms with Crippen LogP contribution in [0.5, 0.6) is 0 Å². The molecule has 1 saturated carbocycles. The van der Waals surface area contributed by atoms with E-state index in [9.17, 15) is 4.79 Å². The van der Waals surface area contributed by atoms with Gasteiger partial charge in [-0.1, -0.05) is 26.2 Å². The molecular formula is C19H30N2O. The van der Waals surface area contributed by atoms with Crippen molar-refractivity contribution in [3.8, 4) is 0 Å². The number of aromatic nitrogens is 1. The molecule has 1 N–H and O–H groups in total. The van der Waals surface area contributed by atoms with Crippen molar-refractivity contribution in [1.82, 2.24) is 9.88 Å². The Morgan fingerprint density at radius 1 is 1.23 bits per heavy atom. The lowest BCUT2D eigenvalue weighted by atomic mass is 9.94. The van der Waals surface area contributed by atoms with Crippen LogP contribution in [0.1, 0.15) is 81.7 Å². The fraction of sp³-hybridized carbons (Fsp3) is 0.737. The van der Waals surface area contributed by atoms with E-state index >= 15 is 0 Å². The number of hydrogen-bond donors (Lipinski definition) is 1. The van der Waals surface area contributed by atoms with E-state index in [-0.39, 0.29) is 5.56 Å². The molecule has 0 spiro atoms. The molecule has 0 radical (unpaired) electrons. The number of aryl methyl sites for hydroxylation is 1. The molecule has 1 unspecified atom stereocenters. The van der Waals surface area contributed by atoms with Gasteiger partial charge in [0.25, 0.3) is 5.56 Å². The Hall–Kier alpha value is -1.09. The van der Waals surface area contributed by atoms with E-state index < -0.39 is 0 Å². The van der Waals surface area contributed by atoms with E-state index in [0.29, 0.717) is 18.6 Å². The normalized spacial score (nSPS) is 20.1. The van der Waals surface area contributed by atoms with Crippen LogP contribution in [-0.4, -0.2) is 10.6 Å². The molecule has 0 aliphatic heterocycles. The van der Waals surface area contributed by atoms with Crippen LogP contribution in [0.3, 0.4) is 0 Å². The number of nitrogens with one attached hydrogen (secondary N) is 1. The molecular weight excluding hydrogens is 272 g/mol. The largest absolute Gasteiger partial charge is 0.310 e. The maximum atomic E-state index is 13.1. The first-order valence-corrected chi connectivity index (χ1v) is 9.20. The van der Waals surface area contributed by atoms with Crippen molar-refractivity contribution >= 4 is 0 Å². The van der Waals surface area contributed by atoms with Gasteiger partial charge in [-0.15, -0.1) is 0 Å². The molecule has 122 valence electrons. The minimum absolute atomic E-state index is 0.281. The van der Waals surface area contributed by atoms with Gasteiger partial charge in [0.15, 0.2) is 0 Å². The summed E-state index contributed by atoms with van der Waals surface area (Å²) in [5.74, 6) is 0. The first-order chi connectivity index (χ1) is 10.7. The van der Waals surface area contributed by atoms with Gasteiger partial charge in [0.1, 0.15) is 0 Å². The van der Waals surface area contributed by atoms with E-state index in [0.717, 1.165) is 24.8 Å². The van der Waals surface area contributed by atoms with E-state index in [1.165, 1.54) is 49.8 Å². The Bertz CT molecular complexity index is 570. The van der Waals surface area contributed by atoms with Crippen LogP contribution >= 0.6 is 0 Å². The van der Waals surface area contributed by atoms with Crippen LogP contribution in [0, 0.1) is 0 Å². The summed E-state index contributed by atoms with van der Waals surface area (Å²) >= 11 is 0. The second-order valence-electron chi connectivity index (χ2n) is 7.15. The number of rotatable bonds is 5. The fourth-order valence-corrected chi connectivity index (χ4v) is 4.01. The van der Waals surface area contributed by atoms with Crippen molar-refractivity contribution in [1.29, 1.82) is 0 Å². The highest BCUT2D eigenvalue weighted by atomic mass is 16.1. The Balaban J connectivity index is 1.93. The van der Waals surface area contributed by atoms with Crippen molar-refractivity contribution in [2.75, 3.05) is 0 Å². The highest BCUT2D eigenvalue weighted by Gasteiger charge is 2.25. The van der Waals surface area contributed by atoms with Gasteiger partial charge < -0.3 is 9.88 Å². The van der Waals surface area contributed by atoms with Crippen LogP contribution < -0.4 is 10.9 Å². The minimum atomic E-state index is 0.281. The minimum Gasteiger partial charge on any atom is -0.310 e. The Labute approximate surface area is 134 Å². The van der Waals surface area contributed by atoms with Gasteiger partial charge >= 0.3 is 0 Å². The molecule has 2 aliphatic rings. The predicted molar refractivity (Wildman–Crippen MR) is 91.4 cm³/mol.